The lowest BCUT2D eigenvalue weighted by molar-refractivity contribution is 0.0940. The second kappa shape index (κ2) is 7.70. The Bertz CT molecular complexity index is 704. The van der Waals surface area contributed by atoms with Crippen LogP contribution in [0.4, 0.5) is 10.5 Å². The van der Waals surface area contributed by atoms with Crippen LogP contribution < -0.4 is 5.32 Å². The second-order valence-corrected chi connectivity index (χ2v) is 6.71. The summed E-state index contributed by atoms with van der Waals surface area (Å²) in [6.07, 6.45) is 5.93. The normalized spacial score (nSPS) is 18.1. The summed E-state index contributed by atoms with van der Waals surface area (Å²) in [4.78, 5) is 14.2. The minimum atomic E-state index is -0.148. The first-order valence-corrected chi connectivity index (χ1v) is 8.77. The quantitative estimate of drug-likeness (QED) is 0.903. The number of nitrogens with one attached hydrogen (secondary N) is 1. The van der Waals surface area contributed by atoms with Crippen molar-refractivity contribution in [1.29, 1.82) is 0 Å². The van der Waals surface area contributed by atoms with Gasteiger partial charge in [0.25, 0.3) is 0 Å². The highest BCUT2D eigenvalue weighted by Gasteiger charge is 2.19. The van der Waals surface area contributed by atoms with E-state index in [-0.39, 0.29) is 18.2 Å². The molecule has 3 rings (SSSR count). The van der Waals surface area contributed by atoms with Crippen molar-refractivity contribution in [3.05, 3.63) is 47.8 Å². The lowest BCUT2D eigenvalue weighted by atomic mass is 10.1. The fraction of sp³-hybridized carbons (Fsp3) is 0.474. The molecule has 6 nitrogen and oxygen atoms in total. The van der Waals surface area contributed by atoms with Gasteiger partial charge in [-0.25, -0.2) is 4.79 Å². The second-order valence-electron chi connectivity index (χ2n) is 6.71. The Hall–Kier alpha value is -2.34. The number of hydrogen-bond donors (Lipinski definition) is 1. The number of carbonyl (C=O) groups is 1. The van der Waals surface area contributed by atoms with Gasteiger partial charge in [0, 0.05) is 19.9 Å². The number of ether oxygens (including phenoxy) is 1. The first kappa shape index (κ1) is 17.5. The molecule has 0 aliphatic carbocycles. The van der Waals surface area contributed by atoms with Crippen LogP contribution in [0.1, 0.15) is 36.9 Å². The summed E-state index contributed by atoms with van der Waals surface area (Å²) in [7, 11) is 1.80. The Balaban J connectivity index is 1.57. The van der Waals surface area contributed by atoms with E-state index < -0.39 is 0 Å². The molecule has 134 valence electrons. The van der Waals surface area contributed by atoms with Crippen molar-refractivity contribution in [1.82, 2.24) is 14.7 Å². The highest BCUT2D eigenvalue weighted by atomic mass is 16.5. The number of aryl methyl sites for hydroxylation is 1. The fourth-order valence-electron chi connectivity index (χ4n) is 2.98. The van der Waals surface area contributed by atoms with E-state index in [1.807, 2.05) is 17.8 Å². The Labute approximate surface area is 148 Å². The molecule has 1 aromatic heterocycles. The maximum absolute atomic E-state index is 12.5. The van der Waals surface area contributed by atoms with Crippen LogP contribution in [0.25, 0.3) is 0 Å². The molecule has 1 aliphatic rings. The van der Waals surface area contributed by atoms with Crippen molar-refractivity contribution < 1.29 is 9.53 Å². The molecule has 1 aromatic carbocycles. The third kappa shape index (κ3) is 4.39. The average molecular weight is 342 g/mol. The van der Waals surface area contributed by atoms with Crippen LogP contribution in [0.2, 0.25) is 0 Å². The van der Waals surface area contributed by atoms with Gasteiger partial charge in [0.05, 0.1) is 30.6 Å². The lowest BCUT2D eigenvalue weighted by Gasteiger charge is -2.25. The maximum Gasteiger partial charge on any atom is 0.322 e. The van der Waals surface area contributed by atoms with Gasteiger partial charge in [-0.1, -0.05) is 29.8 Å². The number of amides is 2. The predicted molar refractivity (Wildman–Crippen MR) is 97.6 cm³/mol. The molecule has 2 heterocycles. The molecule has 0 unspecified atom stereocenters. The molecule has 0 saturated carbocycles. The molecule has 0 radical (unpaired) electrons. The highest BCUT2D eigenvalue weighted by molar-refractivity contribution is 5.89. The number of benzene rings is 1. The Morgan fingerprint density at radius 2 is 2.20 bits per heavy atom. The fourth-order valence-corrected chi connectivity index (χ4v) is 2.98. The van der Waals surface area contributed by atoms with E-state index in [1.54, 1.807) is 18.1 Å². The number of hydrogen-bond acceptors (Lipinski definition) is 3. The topological polar surface area (TPSA) is 59.4 Å². The van der Waals surface area contributed by atoms with Crippen molar-refractivity contribution in [2.75, 3.05) is 19.0 Å². The summed E-state index contributed by atoms with van der Waals surface area (Å²) in [5.74, 6) is 0. The lowest BCUT2D eigenvalue weighted by Crippen LogP contribution is -2.33. The van der Waals surface area contributed by atoms with E-state index in [4.69, 9.17) is 4.74 Å². The van der Waals surface area contributed by atoms with Gasteiger partial charge < -0.3 is 15.0 Å². The average Bonchev–Trinajstić information content (AvgIpc) is 3.27. The molecule has 1 aliphatic heterocycles. The molecule has 25 heavy (non-hydrogen) atoms. The molecule has 1 fully saturated rings. The summed E-state index contributed by atoms with van der Waals surface area (Å²) in [6.45, 7) is 5.63. The van der Waals surface area contributed by atoms with Gasteiger partial charge in [0.2, 0.25) is 0 Å². The van der Waals surface area contributed by atoms with Gasteiger partial charge in [-0.2, -0.15) is 5.10 Å². The first-order chi connectivity index (χ1) is 12.0. The summed E-state index contributed by atoms with van der Waals surface area (Å²) in [5.41, 5.74) is 3.02. The molecular formula is C19H26N4O2. The molecule has 2 amide bonds. The zero-order valence-corrected chi connectivity index (χ0v) is 15.1. The minimum absolute atomic E-state index is 0.0115. The third-order valence-electron chi connectivity index (χ3n) is 4.76. The highest BCUT2D eigenvalue weighted by Crippen LogP contribution is 2.20. The smallest absolute Gasteiger partial charge is 0.322 e. The summed E-state index contributed by atoms with van der Waals surface area (Å²) >= 11 is 0. The summed E-state index contributed by atoms with van der Waals surface area (Å²) in [6, 6.07) is 8.08. The van der Waals surface area contributed by atoms with Crippen LogP contribution in [0, 0.1) is 6.92 Å². The molecule has 6 heteroatoms. The number of carbonyl (C=O) groups excluding carboxylic acids is 1. The van der Waals surface area contributed by atoms with E-state index >= 15 is 0 Å². The van der Waals surface area contributed by atoms with E-state index in [0.29, 0.717) is 5.69 Å². The minimum Gasteiger partial charge on any atom is -0.376 e. The van der Waals surface area contributed by atoms with Gasteiger partial charge in [0.1, 0.15) is 0 Å². The molecule has 1 saturated heterocycles. The van der Waals surface area contributed by atoms with Gasteiger partial charge >= 0.3 is 6.03 Å². The van der Waals surface area contributed by atoms with Crippen molar-refractivity contribution in [3.8, 4) is 0 Å². The van der Waals surface area contributed by atoms with Crippen LogP contribution in [-0.2, 0) is 11.3 Å². The number of urea groups is 1. The maximum atomic E-state index is 12.5. The SMILES string of the molecule is Cc1ccc([C@H](C)N(C)C(=O)Nc2cnn(C[C@@H]3CCCO3)c2)cc1. The first-order valence-electron chi connectivity index (χ1n) is 8.77. The van der Waals surface area contributed by atoms with Gasteiger partial charge in [-0.05, 0) is 32.3 Å². The summed E-state index contributed by atoms with van der Waals surface area (Å²) in [5, 5.41) is 7.22. The third-order valence-corrected chi connectivity index (χ3v) is 4.76. The van der Waals surface area contributed by atoms with Crippen molar-refractivity contribution >= 4 is 11.7 Å². The molecule has 2 atom stereocenters. The van der Waals surface area contributed by atoms with Crippen molar-refractivity contribution in [2.45, 2.75) is 45.4 Å². The number of nitrogens with zero attached hydrogens (tertiary/aromatic N) is 3. The van der Waals surface area contributed by atoms with Crippen LogP contribution in [0.3, 0.4) is 0 Å². The van der Waals surface area contributed by atoms with Gasteiger partial charge in [-0.15, -0.1) is 0 Å². The zero-order valence-electron chi connectivity index (χ0n) is 15.1. The van der Waals surface area contributed by atoms with Crippen LogP contribution >= 0.6 is 0 Å². The predicted octanol–water partition coefficient (Wildman–Crippen LogP) is 3.60. The van der Waals surface area contributed by atoms with Gasteiger partial charge in [-0.3, -0.25) is 4.68 Å². The molecule has 1 N–H and O–H groups in total. The van der Waals surface area contributed by atoms with Crippen molar-refractivity contribution in [2.24, 2.45) is 0 Å². The zero-order chi connectivity index (χ0) is 17.8. The Kier molecular flexibility index (Phi) is 5.38. The molecule has 0 spiro atoms. The van der Waals surface area contributed by atoms with E-state index in [0.717, 1.165) is 31.6 Å². The molecular weight excluding hydrogens is 316 g/mol. The van der Waals surface area contributed by atoms with Crippen LogP contribution in [0.15, 0.2) is 36.7 Å². The van der Waals surface area contributed by atoms with E-state index in [9.17, 15) is 4.79 Å². The standard InChI is InChI=1S/C19H26N4O2/c1-14-6-8-16(9-7-14)15(2)22(3)19(24)21-17-11-20-23(12-17)13-18-5-4-10-25-18/h6-9,11-12,15,18H,4-5,10,13H2,1-3H3,(H,21,24)/t15-,18-/m0/s1. The monoisotopic (exact) mass is 342 g/mol. The van der Waals surface area contributed by atoms with Crippen LogP contribution in [0.5, 0.6) is 0 Å². The largest absolute Gasteiger partial charge is 0.376 e. The van der Waals surface area contributed by atoms with E-state index in [1.165, 1.54) is 5.56 Å². The Morgan fingerprint density at radius 3 is 2.88 bits per heavy atom. The number of rotatable bonds is 5. The summed E-state index contributed by atoms with van der Waals surface area (Å²) < 4.78 is 7.45. The molecule has 0 bridgehead atoms. The van der Waals surface area contributed by atoms with E-state index in [2.05, 4.69) is 41.6 Å². The number of anilines is 1. The van der Waals surface area contributed by atoms with Crippen LogP contribution in [-0.4, -0.2) is 40.5 Å². The number of aromatic nitrogens is 2. The molecule has 2 aromatic rings. The Morgan fingerprint density at radius 1 is 1.44 bits per heavy atom. The van der Waals surface area contributed by atoms with Crippen molar-refractivity contribution in [3.63, 3.8) is 0 Å². The van der Waals surface area contributed by atoms with Gasteiger partial charge in [0.15, 0.2) is 0 Å².